The van der Waals surface area contributed by atoms with Crippen molar-refractivity contribution in [3.8, 4) is 0 Å². The van der Waals surface area contributed by atoms with Gasteiger partial charge in [-0.05, 0) is 15.6 Å². The average molecular weight is 303 g/mol. The van der Waals surface area contributed by atoms with Gasteiger partial charge >= 0.3 is 21.1 Å². The highest BCUT2D eigenvalue weighted by Crippen LogP contribution is 1.95. The zero-order chi connectivity index (χ0) is 9.40. The molecule has 12 heavy (non-hydrogen) atoms. The molecule has 68 valence electrons. The van der Waals surface area contributed by atoms with Crippen LogP contribution in [-0.4, -0.2) is 8.42 Å². The largest absolute Gasteiger partial charge is 0.503 e. The third-order valence-electron chi connectivity index (χ3n) is 0.863. The van der Waals surface area contributed by atoms with Crippen LogP contribution in [0.3, 0.4) is 0 Å². The number of pyridine rings is 1. The molecule has 0 aliphatic carbocycles. The molecule has 1 rings (SSSR count). The quantitative estimate of drug-likeness (QED) is 0.422. The Morgan fingerprint density at radius 1 is 1.50 bits per heavy atom. The van der Waals surface area contributed by atoms with Gasteiger partial charge in [0.2, 0.25) is 0 Å². The first-order valence-electron chi connectivity index (χ1n) is 2.87. The minimum absolute atomic E-state index is 0.501. The van der Waals surface area contributed by atoms with Crippen molar-refractivity contribution < 1.29 is 31.4 Å². The predicted octanol–water partition coefficient (Wildman–Crippen LogP) is -4.11. The zero-order valence-corrected chi connectivity index (χ0v) is 8.90. The van der Waals surface area contributed by atoms with Gasteiger partial charge in [0.25, 0.3) is 0 Å². The van der Waals surface area contributed by atoms with Crippen molar-refractivity contribution in [2.75, 3.05) is 0 Å². The van der Waals surface area contributed by atoms with Gasteiger partial charge in [-0.2, -0.15) is 0 Å². The molecule has 0 aliphatic heterocycles. The summed E-state index contributed by atoms with van der Waals surface area (Å²) in [7, 11) is 0. The van der Waals surface area contributed by atoms with Crippen LogP contribution in [0.15, 0.2) is 24.4 Å². The molecule has 0 saturated heterocycles. The van der Waals surface area contributed by atoms with Crippen LogP contribution < -0.4 is 27.9 Å². The molecule has 0 saturated carbocycles. The molecule has 1 aromatic heterocycles. The molecule has 1 N–H and O–H groups in total. The lowest BCUT2D eigenvalue weighted by Crippen LogP contribution is -3.98. The molecule has 0 aromatic carbocycles. The maximum Gasteiger partial charge on any atom is 0.503 e. The number of aromatic nitrogens is 1. The highest BCUT2D eigenvalue weighted by Gasteiger charge is 1.89. The van der Waals surface area contributed by atoms with Gasteiger partial charge in [-0.25, -0.2) is 0 Å². The van der Waals surface area contributed by atoms with Gasteiger partial charge in [0.15, 0.2) is 0 Å². The summed E-state index contributed by atoms with van der Waals surface area (Å²) in [5.41, 5.74) is 0.925. The van der Waals surface area contributed by atoms with E-state index in [1.54, 1.807) is 6.20 Å². The highest BCUT2D eigenvalue weighted by atomic mass is 127. The molecule has 0 amide bonds. The molecule has 0 atom stereocenters. The molecule has 0 spiro atoms. The molecule has 0 fully saturated rings. The summed E-state index contributed by atoms with van der Waals surface area (Å²) in [6.45, 7) is 0. The number of halogens is 2. The van der Waals surface area contributed by atoms with E-state index in [0.29, 0.717) is 5.88 Å². The first kappa shape index (κ1) is 12.0. The van der Waals surface area contributed by atoms with Gasteiger partial charge in [0, 0.05) is 6.20 Å². The van der Waals surface area contributed by atoms with Crippen LogP contribution in [0.2, 0.25) is 0 Å². The van der Waals surface area contributed by atoms with Gasteiger partial charge in [0.05, 0.1) is 11.6 Å². The predicted molar refractivity (Wildman–Crippen MR) is 36.0 cm³/mol. The monoisotopic (exact) mass is 303 g/mol. The van der Waals surface area contributed by atoms with Crippen molar-refractivity contribution in [1.29, 1.82) is 0 Å². The summed E-state index contributed by atoms with van der Waals surface area (Å²) < 4.78 is 24.5. The maximum atomic E-state index is 8.68. The second kappa shape index (κ2) is 7.69. The van der Waals surface area contributed by atoms with E-state index in [2.05, 4.69) is 4.98 Å². The van der Waals surface area contributed by atoms with E-state index in [-0.39, 0.29) is 0 Å². The molecular formula is C6H7ClINO3. The van der Waals surface area contributed by atoms with Crippen molar-refractivity contribution in [3.05, 3.63) is 30.1 Å². The van der Waals surface area contributed by atoms with Crippen LogP contribution in [0.1, 0.15) is 5.69 Å². The molecule has 6 heteroatoms. The van der Waals surface area contributed by atoms with E-state index in [1.807, 2.05) is 18.2 Å². The second-order valence-electron chi connectivity index (χ2n) is 1.66. The Morgan fingerprint density at radius 3 is 2.33 bits per heavy atom. The molecule has 0 aliphatic rings. The number of hydrogen-bond acceptors (Lipinski definition) is 4. The first-order valence-corrected chi connectivity index (χ1v) is 6.13. The molecule has 0 unspecified atom stereocenters. The van der Waals surface area contributed by atoms with Gasteiger partial charge < -0.3 is 6.87 Å². The van der Waals surface area contributed by atoms with Crippen LogP contribution in [0.4, 0.5) is 0 Å². The average Bonchev–Trinajstić information content (AvgIpc) is 2.05. The van der Waals surface area contributed by atoms with E-state index in [0.717, 1.165) is 5.69 Å². The molecule has 0 radical (unpaired) electrons. The molecule has 1 aromatic rings. The Hall–Kier alpha value is 0.0500. The lowest BCUT2D eigenvalue weighted by atomic mass is 10.4. The van der Waals surface area contributed by atoms with E-state index in [9.17, 15) is 0 Å². The Morgan fingerprint density at radius 2 is 2.08 bits per heavy atom. The summed E-state index contributed by atoms with van der Waals surface area (Å²) >= 11 is 1.70. The summed E-state index contributed by atoms with van der Waals surface area (Å²) in [5.74, 6) is 0.501. The SMILES string of the molecule is ClCc1ccccn1.[O-][I+2]([O-])O. The summed E-state index contributed by atoms with van der Waals surface area (Å²) in [6.07, 6.45) is 1.73. The van der Waals surface area contributed by atoms with Crippen LogP contribution >= 0.6 is 11.6 Å². The number of rotatable bonds is 1. The summed E-state index contributed by atoms with van der Waals surface area (Å²) in [6, 6.07) is 5.69. The maximum absolute atomic E-state index is 8.68. The Bertz CT molecular complexity index is 194. The van der Waals surface area contributed by atoms with Crippen molar-refractivity contribution >= 4 is 11.6 Å². The molecule has 0 bridgehead atoms. The fourth-order valence-corrected chi connectivity index (χ4v) is 0.635. The van der Waals surface area contributed by atoms with Crippen LogP contribution in [0, 0.1) is 0 Å². The van der Waals surface area contributed by atoms with Gasteiger partial charge in [-0.1, -0.05) is 6.07 Å². The zero-order valence-electron chi connectivity index (χ0n) is 5.98. The Labute approximate surface area is 83.9 Å². The fraction of sp³-hybridized carbons (Fsp3) is 0.167. The number of nitrogens with zero attached hydrogens (tertiary/aromatic N) is 1. The van der Waals surface area contributed by atoms with Gasteiger partial charge in [-0.15, -0.1) is 11.6 Å². The lowest BCUT2D eigenvalue weighted by molar-refractivity contribution is -1.63. The van der Waals surface area contributed by atoms with E-state index >= 15 is 0 Å². The van der Waals surface area contributed by atoms with Crippen LogP contribution in [-0.2, 0) is 5.88 Å². The van der Waals surface area contributed by atoms with E-state index in [1.165, 1.54) is 0 Å². The topological polar surface area (TPSA) is 79.2 Å². The van der Waals surface area contributed by atoms with Crippen LogP contribution in [0.5, 0.6) is 0 Å². The first-order chi connectivity index (χ1) is 5.66. The normalized spacial score (nSPS) is 9.08. The Kier molecular flexibility index (Phi) is 7.72. The van der Waals surface area contributed by atoms with Crippen molar-refractivity contribution in [2.24, 2.45) is 0 Å². The van der Waals surface area contributed by atoms with Crippen molar-refractivity contribution in [2.45, 2.75) is 5.88 Å². The minimum Gasteiger partial charge on any atom is -0.396 e. The van der Waals surface area contributed by atoms with Gasteiger partial charge in [0.1, 0.15) is 0 Å². The van der Waals surface area contributed by atoms with E-state index in [4.69, 9.17) is 21.9 Å². The second-order valence-corrected chi connectivity index (χ2v) is 3.07. The Balaban J connectivity index is 0.000000261. The standard InChI is InChI=1S/C6H6ClN.HIO3/c7-5-6-3-1-2-4-8-6;2-1(3)4/h1-4H,5H2;2H. The van der Waals surface area contributed by atoms with Crippen molar-refractivity contribution in [1.82, 2.24) is 4.98 Å². The lowest BCUT2D eigenvalue weighted by Gasteiger charge is -1.87. The highest BCUT2D eigenvalue weighted by molar-refractivity contribution is 6.16. The van der Waals surface area contributed by atoms with Crippen LogP contribution in [0.25, 0.3) is 0 Å². The molecule has 1 heterocycles. The van der Waals surface area contributed by atoms with Gasteiger partial charge in [-0.3, -0.25) is 4.98 Å². The third-order valence-corrected chi connectivity index (χ3v) is 1.14. The number of alkyl halides is 1. The molecule has 4 nitrogen and oxygen atoms in total. The van der Waals surface area contributed by atoms with E-state index < -0.39 is 21.1 Å². The third kappa shape index (κ3) is 8.15. The smallest absolute Gasteiger partial charge is 0.396 e. The number of hydrogen-bond donors (Lipinski definition) is 1. The van der Waals surface area contributed by atoms with Crippen molar-refractivity contribution in [3.63, 3.8) is 0 Å². The summed E-state index contributed by atoms with van der Waals surface area (Å²) in [5, 5.41) is 0. The molecular weight excluding hydrogens is 296 g/mol. The minimum atomic E-state index is -3.76. The fourth-order valence-electron chi connectivity index (χ4n) is 0.477. The summed E-state index contributed by atoms with van der Waals surface area (Å²) in [4.78, 5) is 3.97.